The van der Waals surface area contributed by atoms with Crippen molar-refractivity contribution in [1.29, 1.82) is 0 Å². The number of aryl methyl sites for hydroxylation is 1. The highest BCUT2D eigenvalue weighted by atomic mass is 16.1. The fourth-order valence-corrected chi connectivity index (χ4v) is 3.02. The van der Waals surface area contributed by atoms with Crippen LogP contribution in [-0.4, -0.2) is 23.6 Å². The van der Waals surface area contributed by atoms with Crippen LogP contribution in [0.3, 0.4) is 0 Å². The Morgan fingerprint density at radius 3 is 2.81 bits per heavy atom. The number of rotatable bonds is 7. The predicted molar refractivity (Wildman–Crippen MR) is 86.3 cm³/mol. The minimum Gasteiger partial charge on any atom is -0.355 e. The Labute approximate surface area is 128 Å². The van der Waals surface area contributed by atoms with E-state index in [9.17, 15) is 4.79 Å². The highest BCUT2D eigenvalue weighted by molar-refractivity contribution is 5.75. The SMILES string of the molecule is CCCNC(=O)Cn1cc2c(c1)C(NCCC)CCCC2. The minimum atomic E-state index is 0.111. The molecule has 0 radical (unpaired) electrons. The van der Waals surface area contributed by atoms with Gasteiger partial charge in [0.15, 0.2) is 0 Å². The van der Waals surface area contributed by atoms with Gasteiger partial charge in [-0.05, 0) is 49.8 Å². The van der Waals surface area contributed by atoms with Crippen molar-refractivity contribution >= 4 is 5.91 Å². The fourth-order valence-electron chi connectivity index (χ4n) is 3.02. The van der Waals surface area contributed by atoms with Gasteiger partial charge in [0.25, 0.3) is 0 Å². The monoisotopic (exact) mass is 291 g/mol. The second kappa shape index (κ2) is 8.23. The summed E-state index contributed by atoms with van der Waals surface area (Å²) in [6, 6.07) is 0.461. The maximum Gasteiger partial charge on any atom is 0.239 e. The van der Waals surface area contributed by atoms with E-state index in [1.54, 1.807) is 0 Å². The molecule has 4 nitrogen and oxygen atoms in total. The van der Waals surface area contributed by atoms with Crippen LogP contribution >= 0.6 is 0 Å². The molecular weight excluding hydrogens is 262 g/mol. The topological polar surface area (TPSA) is 46.1 Å². The predicted octanol–water partition coefficient (Wildman–Crippen LogP) is 2.78. The van der Waals surface area contributed by atoms with Crippen LogP contribution in [0.1, 0.15) is 63.1 Å². The molecular formula is C17H29N3O. The van der Waals surface area contributed by atoms with Gasteiger partial charge in [-0.15, -0.1) is 0 Å². The number of fused-ring (bicyclic) bond motifs is 1. The van der Waals surface area contributed by atoms with E-state index in [2.05, 4.69) is 41.4 Å². The molecule has 1 heterocycles. The Morgan fingerprint density at radius 1 is 1.24 bits per heavy atom. The summed E-state index contributed by atoms with van der Waals surface area (Å²) >= 11 is 0. The van der Waals surface area contributed by atoms with Gasteiger partial charge in [0.2, 0.25) is 5.91 Å². The number of nitrogens with zero attached hydrogens (tertiary/aromatic N) is 1. The molecule has 0 bridgehead atoms. The molecule has 4 heteroatoms. The zero-order valence-corrected chi connectivity index (χ0v) is 13.5. The normalized spacial score (nSPS) is 18.1. The van der Waals surface area contributed by atoms with Crippen molar-refractivity contribution in [2.24, 2.45) is 0 Å². The number of hydrogen-bond donors (Lipinski definition) is 2. The van der Waals surface area contributed by atoms with Gasteiger partial charge < -0.3 is 15.2 Å². The maximum absolute atomic E-state index is 11.9. The minimum absolute atomic E-state index is 0.111. The lowest BCUT2D eigenvalue weighted by molar-refractivity contribution is -0.121. The molecule has 1 unspecified atom stereocenters. The molecule has 1 atom stereocenters. The molecule has 2 rings (SSSR count). The standard InChI is InChI=1S/C17H29N3O/c1-3-9-18-16-8-6-5-7-14-11-20(12-15(14)16)13-17(21)19-10-4-2/h11-12,16,18H,3-10,13H2,1-2H3,(H,19,21). The first-order chi connectivity index (χ1) is 10.2. The molecule has 0 saturated carbocycles. The molecule has 0 saturated heterocycles. The number of nitrogens with one attached hydrogen (secondary N) is 2. The third-order valence-corrected chi connectivity index (χ3v) is 4.10. The van der Waals surface area contributed by atoms with Crippen LogP contribution < -0.4 is 10.6 Å². The lowest BCUT2D eigenvalue weighted by atomic mass is 10.0. The van der Waals surface area contributed by atoms with E-state index in [4.69, 9.17) is 0 Å². The van der Waals surface area contributed by atoms with Crippen molar-refractivity contribution in [2.75, 3.05) is 13.1 Å². The third kappa shape index (κ3) is 4.60. The van der Waals surface area contributed by atoms with Crippen LogP contribution in [0, 0.1) is 0 Å². The molecule has 118 valence electrons. The highest BCUT2D eigenvalue weighted by Gasteiger charge is 2.20. The van der Waals surface area contributed by atoms with Gasteiger partial charge in [-0.3, -0.25) is 4.79 Å². The van der Waals surface area contributed by atoms with Crippen molar-refractivity contribution in [3.05, 3.63) is 23.5 Å². The maximum atomic E-state index is 11.9. The van der Waals surface area contributed by atoms with Crippen molar-refractivity contribution < 1.29 is 4.79 Å². The number of aromatic nitrogens is 1. The Balaban J connectivity index is 2.04. The highest BCUT2D eigenvalue weighted by Crippen LogP contribution is 2.29. The van der Waals surface area contributed by atoms with Gasteiger partial charge in [-0.2, -0.15) is 0 Å². The summed E-state index contributed by atoms with van der Waals surface area (Å²) in [6.45, 7) is 6.54. The molecule has 0 aliphatic heterocycles. The Bertz CT molecular complexity index is 453. The Morgan fingerprint density at radius 2 is 2.05 bits per heavy atom. The van der Waals surface area contributed by atoms with Crippen LogP contribution in [0.25, 0.3) is 0 Å². The van der Waals surface area contributed by atoms with Gasteiger partial charge in [0, 0.05) is 25.0 Å². The fraction of sp³-hybridized carbons (Fsp3) is 0.706. The quantitative estimate of drug-likeness (QED) is 0.759. The average molecular weight is 291 g/mol. The molecule has 1 aromatic rings. The summed E-state index contributed by atoms with van der Waals surface area (Å²) in [7, 11) is 0. The van der Waals surface area contributed by atoms with Crippen molar-refractivity contribution in [2.45, 2.75) is 65.0 Å². The van der Waals surface area contributed by atoms with E-state index < -0.39 is 0 Å². The van der Waals surface area contributed by atoms with Crippen LogP contribution in [0.2, 0.25) is 0 Å². The first kappa shape index (κ1) is 16.1. The van der Waals surface area contributed by atoms with Gasteiger partial charge in [0.05, 0.1) is 0 Å². The van der Waals surface area contributed by atoms with E-state index in [-0.39, 0.29) is 5.91 Å². The van der Waals surface area contributed by atoms with E-state index >= 15 is 0 Å². The van der Waals surface area contributed by atoms with Crippen molar-refractivity contribution in [1.82, 2.24) is 15.2 Å². The zero-order chi connectivity index (χ0) is 15.1. The summed E-state index contributed by atoms with van der Waals surface area (Å²) in [5.74, 6) is 0.111. The van der Waals surface area contributed by atoms with Crippen LogP contribution in [0.5, 0.6) is 0 Å². The molecule has 0 fully saturated rings. The average Bonchev–Trinajstić information content (AvgIpc) is 2.77. The second-order valence-electron chi connectivity index (χ2n) is 6.01. The Kier molecular flexibility index (Phi) is 6.30. The van der Waals surface area contributed by atoms with Crippen molar-refractivity contribution in [3.8, 4) is 0 Å². The van der Waals surface area contributed by atoms with Crippen LogP contribution in [-0.2, 0) is 17.8 Å². The van der Waals surface area contributed by atoms with Crippen LogP contribution in [0.15, 0.2) is 12.4 Å². The third-order valence-electron chi connectivity index (χ3n) is 4.10. The van der Waals surface area contributed by atoms with Gasteiger partial charge in [-0.25, -0.2) is 0 Å². The molecule has 21 heavy (non-hydrogen) atoms. The lowest BCUT2D eigenvalue weighted by Gasteiger charge is -2.16. The molecule has 0 aromatic carbocycles. The number of carbonyl (C=O) groups is 1. The van der Waals surface area contributed by atoms with Crippen molar-refractivity contribution in [3.63, 3.8) is 0 Å². The van der Waals surface area contributed by atoms with Crippen LogP contribution in [0.4, 0.5) is 0 Å². The van der Waals surface area contributed by atoms with E-state index in [1.807, 2.05) is 0 Å². The summed E-state index contributed by atoms with van der Waals surface area (Å²) in [5, 5.41) is 6.60. The number of amides is 1. The lowest BCUT2D eigenvalue weighted by Crippen LogP contribution is -2.27. The largest absolute Gasteiger partial charge is 0.355 e. The van der Waals surface area contributed by atoms with E-state index in [0.29, 0.717) is 12.6 Å². The number of hydrogen-bond acceptors (Lipinski definition) is 2. The first-order valence-corrected chi connectivity index (χ1v) is 8.43. The van der Waals surface area contributed by atoms with E-state index in [1.165, 1.54) is 30.4 Å². The molecule has 1 aliphatic rings. The Hall–Kier alpha value is -1.29. The molecule has 1 amide bonds. The van der Waals surface area contributed by atoms with Gasteiger partial charge in [-0.1, -0.05) is 20.3 Å². The van der Waals surface area contributed by atoms with Gasteiger partial charge >= 0.3 is 0 Å². The molecule has 1 aromatic heterocycles. The first-order valence-electron chi connectivity index (χ1n) is 8.43. The zero-order valence-electron chi connectivity index (χ0n) is 13.5. The summed E-state index contributed by atoms with van der Waals surface area (Å²) < 4.78 is 2.06. The van der Waals surface area contributed by atoms with Gasteiger partial charge in [0.1, 0.15) is 6.54 Å². The summed E-state index contributed by atoms with van der Waals surface area (Å²) in [5.41, 5.74) is 2.83. The second-order valence-corrected chi connectivity index (χ2v) is 6.01. The smallest absolute Gasteiger partial charge is 0.239 e. The number of carbonyl (C=O) groups excluding carboxylic acids is 1. The summed E-state index contributed by atoms with van der Waals surface area (Å²) in [4.78, 5) is 11.9. The van der Waals surface area contributed by atoms with E-state index in [0.717, 1.165) is 32.4 Å². The molecule has 0 spiro atoms. The molecule has 1 aliphatic carbocycles. The molecule has 2 N–H and O–H groups in total. The summed E-state index contributed by atoms with van der Waals surface area (Å²) in [6.07, 6.45) is 11.4.